The second-order valence-corrected chi connectivity index (χ2v) is 8.87. The van der Waals surface area contributed by atoms with Crippen LogP contribution in [0.15, 0.2) is 6.20 Å². The van der Waals surface area contributed by atoms with Crippen LogP contribution in [-0.4, -0.2) is 58.1 Å². The summed E-state index contributed by atoms with van der Waals surface area (Å²) in [5.41, 5.74) is -1.94. The van der Waals surface area contributed by atoms with Crippen molar-refractivity contribution >= 4 is 69.2 Å². The highest BCUT2D eigenvalue weighted by Crippen LogP contribution is 2.51. The van der Waals surface area contributed by atoms with Gasteiger partial charge in [-0.05, 0) is 0 Å². The third-order valence-corrected chi connectivity index (χ3v) is 6.36. The smallest absolute Gasteiger partial charge is 0.421 e. The maximum Gasteiger partial charge on any atom is 0.421 e. The van der Waals surface area contributed by atoms with Gasteiger partial charge < -0.3 is 15.4 Å². The molecule has 1 aliphatic heterocycles. The first kappa shape index (κ1) is 21.8. The molecule has 0 bridgehead atoms. The van der Waals surface area contributed by atoms with E-state index in [1.807, 2.05) is 23.5 Å². The first-order chi connectivity index (χ1) is 13.4. The minimum Gasteiger partial charge on any atom is -0.465 e. The lowest BCUT2D eigenvalue weighted by atomic mass is 9.32. The number of rotatable bonds is 5. The molecule has 152 valence electrons. The van der Waals surface area contributed by atoms with E-state index in [0.717, 1.165) is 11.3 Å². The van der Waals surface area contributed by atoms with Crippen LogP contribution in [0.4, 0.5) is 29.9 Å². The highest BCUT2D eigenvalue weighted by atomic mass is 35.5. The van der Waals surface area contributed by atoms with Crippen molar-refractivity contribution < 1.29 is 22.7 Å². The van der Waals surface area contributed by atoms with Crippen molar-refractivity contribution in [1.82, 2.24) is 15.0 Å². The number of hydrogen-bond acceptors (Lipinski definition) is 8. The molecule has 3 heterocycles. The molecule has 1 saturated heterocycles. The molecule has 0 aromatic carbocycles. The number of nitrogens with zero attached hydrogens (tertiary/aromatic N) is 3. The second-order valence-electron chi connectivity index (χ2n) is 7.51. The van der Waals surface area contributed by atoms with Crippen LogP contribution in [0.2, 0.25) is 10.3 Å². The molecule has 2 aromatic heterocycles. The van der Waals surface area contributed by atoms with E-state index >= 15 is 0 Å². The number of carbonyl (C=O) groups excluding carboxylic acids is 1. The lowest BCUT2D eigenvalue weighted by Gasteiger charge is -2.36. The summed E-state index contributed by atoms with van der Waals surface area (Å²) >= 11 is 7.37. The van der Waals surface area contributed by atoms with Crippen molar-refractivity contribution in [3.05, 3.63) is 21.9 Å². The van der Waals surface area contributed by atoms with Gasteiger partial charge in [0.05, 0.1) is 30.1 Å². The predicted octanol–water partition coefficient (Wildman–Crippen LogP) is 0.548. The van der Waals surface area contributed by atoms with Crippen LogP contribution in [0.5, 0.6) is 0 Å². The summed E-state index contributed by atoms with van der Waals surface area (Å²) in [5.74, 6) is -0.829. The van der Waals surface area contributed by atoms with Gasteiger partial charge in [-0.1, -0.05) is 28.1 Å². The van der Waals surface area contributed by atoms with Crippen molar-refractivity contribution in [2.75, 3.05) is 24.3 Å². The number of ether oxygens (including phenoxy) is 1. The van der Waals surface area contributed by atoms with E-state index in [-0.39, 0.29) is 29.5 Å². The third kappa shape index (κ3) is 3.79. The summed E-state index contributed by atoms with van der Waals surface area (Å²) in [5, 5.41) is 5.59. The number of nitrogens with one attached hydrogen (secondary N) is 2. The van der Waals surface area contributed by atoms with Gasteiger partial charge in [-0.15, -0.1) is 0 Å². The van der Waals surface area contributed by atoms with Crippen molar-refractivity contribution in [2.45, 2.75) is 23.1 Å². The molecule has 29 heavy (non-hydrogen) atoms. The maximum absolute atomic E-state index is 13.0. The molecular formula is C14H16B3ClF3N5O2S. The van der Waals surface area contributed by atoms with E-state index in [1.165, 1.54) is 7.05 Å². The molecule has 0 radical (unpaired) electrons. The molecule has 0 unspecified atom stereocenters. The summed E-state index contributed by atoms with van der Waals surface area (Å²) in [6, 6.07) is 0. The fourth-order valence-corrected chi connectivity index (χ4v) is 4.79. The van der Waals surface area contributed by atoms with E-state index in [0.29, 0.717) is 22.6 Å². The Morgan fingerprint density at radius 3 is 2.52 bits per heavy atom. The van der Waals surface area contributed by atoms with Crippen molar-refractivity contribution in [3.63, 3.8) is 0 Å². The second kappa shape index (κ2) is 7.39. The SMILES string of the molecule is BC(B)(B)[C@]1(c2nc(Cl)c(Nc3ncc(C(F)(F)F)c(NC)n3)s2)CCOC1=O. The number of anilines is 3. The molecule has 1 aliphatic rings. The van der Waals surface area contributed by atoms with Gasteiger partial charge in [0.25, 0.3) is 0 Å². The normalized spacial score (nSPS) is 19.8. The zero-order valence-electron chi connectivity index (χ0n) is 16.1. The molecule has 15 heteroatoms. The first-order valence-electron chi connectivity index (χ1n) is 8.63. The molecule has 1 fully saturated rings. The van der Waals surface area contributed by atoms with Crippen LogP contribution in [0.1, 0.15) is 17.0 Å². The average Bonchev–Trinajstić information content (AvgIpc) is 3.17. The number of cyclic esters (lactones) is 1. The zero-order valence-corrected chi connectivity index (χ0v) is 17.6. The Hall–Kier alpha value is -1.95. The summed E-state index contributed by atoms with van der Waals surface area (Å²) < 4.78 is 44.3. The van der Waals surface area contributed by atoms with E-state index < -0.39 is 22.3 Å². The maximum atomic E-state index is 13.0. The van der Waals surface area contributed by atoms with E-state index in [4.69, 9.17) is 16.3 Å². The minimum absolute atomic E-state index is 0.0721. The monoisotopic (exact) mass is 443 g/mol. The molecule has 3 rings (SSSR count). The molecule has 7 nitrogen and oxygen atoms in total. The molecule has 0 aliphatic carbocycles. The van der Waals surface area contributed by atoms with Crippen molar-refractivity contribution in [3.8, 4) is 0 Å². The van der Waals surface area contributed by atoms with Gasteiger partial charge in [0.2, 0.25) is 5.95 Å². The third-order valence-electron chi connectivity index (χ3n) is 4.85. The van der Waals surface area contributed by atoms with Crippen LogP contribution < -0.4 is 10.6 Å². The average molecular weight is 443 g/mol. The molecule has 0 spiro atoms. The summed E-state index contributed by atoms with van der Waals surface area (Å²) in [4.78, 5) is 24.5. The Kier molecular flexibility index (Phi) is 5.54. The van der Waals surface area contributed by atoms with Gasteiger partial charge in [-0.2, -0.15) is 18.2 Å². The van der Waals surface area contributed by atoms with Crippen LogP contribution >= 0.6 is 22.9 Å². The molecule has 0 saturated carbocycles. The number of thiazole rings is 1. The highest BCUT2D eigenvalue weighted by molar-refractivity contribution is 7.16. The molecule has 1 atom stereocenters. The Morgan fingerprint density at radius 2 is 2.00 bits per heavy atom. The topological polar surface area (TPSA) is 89.0 Å². The van der Waals surface area contributed by atoms with Crippen LogP contribution in [0.3, 0.4) is 0 Å². The lowest BCUT2D eigenvalue weighted by molar-refractivity contribution is -0.142. The Morgan fingerprint density at radius 1 is 1.31 bits per heavy atom. The van der Waals surface area contributed by atoms with Crippen molar-refractivity contribution in [2.24, 2.45) is 0 Å². The van der Waals surface area contributed by atoms with Gasteiger partial charge in [-0.3, -0.25) is 4.79 Å². The summed E-state index contributed by atoms with van der Waals surface area (Å²) in [7, 11) is 7.08. The number of aromatic nitrogens is 3. The number of carbonyl (C=O) groups is 1. The van der Waals surface area contributed by atoms with Crippen molar-refractivity contribution in [1.29, 1.82) is 0 Å². The van der Waals surface area contributed by atoms with E-state index in [2.05, 4.69) is 25.6 Å². The van der Waals surface area contributed by atoms with Gasteiger partial charge in [-0.25, -0.2) is 9.97 Å². The predicted molar refractivity (Wildman–Crippen MR) is 113 cm³/mol. The minimum atomic E-state index is -4.59. The standard InChI is InChI=1S/C14H16B3ClF3N5O2S/c1-22-7-5(13(19,20)21)4-23-11(25-7)26-8-6(18)24-9(29-8)12(14(15,16)17)2-3-28-10(12)27/h4H,2-3,15-17H2,1H3,(H2,22,23,25,26)/t12-/m0/s1. The Balaban J connectivity index is 1.97. The fourth-order valence-electron chi connectivity index (χ4n) is 3.22. The number of alkyl halides is 3. The van der Waals surface area contributed by atoms with Gasteiger partial charge in [0, 0.05) is 19.7 Å². The number of esters is 1. The summed E-state index contributed by atoms with van der Waals surface area (Å²) in [6.45, 7) is 0.281. The van der Waals surface area contributed by atoms with Crippen LogP contribution in [0.25, 0.3) is 0 Å². The van der Waals surface area contributed by atoms with E-state index in [9.17, 15) is 18.0 Å². The molecular weight excluding hydrogens is 427 g/mol. The Bertz CT molecular complexity index is 956. The van der Waals surface area contributed by atoms with Crippen LogP contribution in [0, 0.1) is 0 Å². The quantitative estimate of drug-likeness (QED) is 0.516. The number of halogens is 4. The largest absolute Gasteiger partial charge is 0.465 e. The lowest BCUT2D eigenvalue weighted by Crippen LogP contribution is -2.45. The molecule has 0 amide bonds. The molecule has 2 aromatic rings. The summed E-state index contributed by atoms with van der Waals surface area (Å²) in [6.07, 6.45) is -3.45. The highest BCUT2D eigenvalue weighted by Gasteiger charge is 2.56. The first-order valence-corrected chi connectivity index (χ1v) is 9.82. The Labute approximate surface area is 176 Å². The van der Waals surface area contributed by atoms with Crippen LogP contribution in [-0.2, 0) is 21.1 Å². The van der Waals surface area contributed by atoms with E-state index in [1.54, 1.807) is 0 Å². The number of hydrogen-bond donors (Lipinski definition) is 2. The zero-order chi connectivity index (χ0) is 21.6. The van der Waals surface area contributed by atoms with Gasteiger partial charge in [0.1, 0.15) is 26.8 Å². The molecule has 2 N–H and O–H groups in total. The van der Waals surface area contributed by atoms with Gasteiger partial charge in [0.15, 0.2) is 5.15 Å². The fraction of sp³-hybridized carbons (Fsp3) is 0.429. The van der Waals surface area contributed by atoms with Gasteiger partial charge >= 0.3 is 12.1 Å².